The molecule has 5 heteroatoms. The number of carbonyl (C=O) groups is 2. The van der Waals surface area contributed by atoms with Crippen molar-refractivity contribution in [3.8, 4) is 0 Å². The number of hydrogen-bond donors (Lipinski definition) is 1. The lowest BCUT2D eigenvalue weighted by atomic mass is 9.90. The maximum atomic E-state index is 12.8. The summed E-state index contributed by atoms with van der Waals surface area (Å²) in [5, 5.41) is 2.93. The molecule has 1 aromatic carbocycles. The van der Waals surface area contributed by atoms with Gasteiger partial charge in [-0.25, -0.2) is 9.69 Å². The van der Waals surface area contributed by atoms with Gasteiger partial charge in [-0.3, -0.25) is 9.69 Å². The predicted molar refractivity (Wildman–Crippen MR) is 107 cm³/mol. The van der Waals surface area contributed by atoms with E-state index in [1.54, 1.807) is 0 Å². The number of nitrogens with zero attached hydrogens (tertiary/aromatic N) is 2. The topological polar surface area (TPSA) is 52.7 Å². The van der Waals surface area contributed by atoms with Crippen LogP contribution in [-0.4, -0.2) is 47.0 Å². The van der Waals surface area contributed by atoms with E-state index in [-0.39, 0.29) is 11.9 Å². The summed E-state index contributed by atoms with van der Waals surface area (Å²) in [4.78, 5) is 28.9. The molecular formula is C22H33N3O2. The van der Waals surface area contributed by atoms with Crippen molar-refractivity contribution in [3.05, 3.63) is 35.9 Å². The van der Waals surface area contributed by atoms with Gasteiger partial charge in [-0.2, -0.15) is 0 Å². The Hall–Kier alpha value is -1.88. The minimum Gasteiger partial charge on any atom is -0.323 e. The molecule has 0 aromatic heterocycles. The third-order valence-electron chi connectivity index (χ3n) is 5.98. The number of likely N-dealkylation sites (tertiary alicyclic amines) is 1. The van der Waals surface area contributed by atoms with Gasteiger partial charge in [-0.1, -0.05) is 44.2 Å². The molecule has 3 amide bonds. The van der Waals surface area contributed by atoms with E-state index in [0.29, 0.717) is 24.9 Å². The smallest absolute Gasteiger partial charge is 0.323 e. The SMILES string of the molecule is CC(C)CC[C@]1(C)NC(=O)N(CN2CCC(Cc3ccccc3)CC2)C1=O. The second-order valence-electron chi connectivity index (χ2n) is 8.82. The summed E-state index contributed by atoms with van der Waals surface area (Å²) in [6.45, 7) is 8.44. The van der Waals surface area contributed by atoms with Gasteiger partial charge in [0.05, 0.1) is 6.67 Å². The highest BCUT2D eigenvalue weighted by atomic mass is 16.2. The standard InChI is InChI=1S/C22H33N3O2/c1-17(2)9-12-22(3)20(26)25(21(27)23-22)16-24-13-10-19(11-14-24)15-18-7-5-4-6-8-18/h4-8,17,19H,9-16H2,1-3H3,(H,23,27)/t22-/m0/s1. The maximum Gasteiger partial charge on any atom is 0.326 e. The van der Waals surface area contributed by atoms with Crippen LogP contribution in [0.3, 0.4) is 0 Å². The van der Waals surface area contributed by atoms with Crippen molar-refractivity contribution in [2.24, 2.45) is 11.8 Å². The highest BCUT2D eigenvalue weighted by molar-refractivity contribution is 6.06. The van der Waals surface area contributed by atoms with Gasteiger partial charge in [0.1, 0.15) is 5.54 Å². The fourth-order valence-electron chi connectivity index (χ4n) is 4.10. The zero-order valence-electron chi connectivity index (χ0n) is 16.9. The zero-order chi connectivity index (χ0) is 19.4. The third-order valence-corrected chi connectivity index (χ3v) is 5.98. The largest absolute Gasteiger partial charge is 0.326 e. The lowest BCUT2D eigenvalue weighted by molar-refractivity contribution is -0.132. The molecule has 1 N–H and O–H groups in total. The molecule has 2 aliphatic rings. The van der Waals surface area contributed by atoms with E-state index in [2.05, 4.69) is 54.4 Å². The van der Waals surface area contributed by atoms with E-state index in [1.807, 2.05) is 6.92 Å². The van der Waals surface area contributed by atoms with Crippen LogP contribution in [0.5, 0.6) is 0 Å². The molecule has 0 bridgehead atoms. The van der Waals surface area contributed by atoms with Crippen LogP contribution in [0.1, 0.15) is 52.0 Å². The fourth-order valence-corrected chi connectivity index (χ4v) is 4.10. The van der Waals surface area contributed by atoms with Crippen LogP contribution >= 0.6 is 0 Å². The van der Waals surface area contributed by atoms with Gasteiger partial charge in [-0.05, 0) is 56.4 Å². The molecular weight excluding hydrogens is 338 g/mol. The lowest BCUT2D eigenvalue weighted by Crippen LogP contribution is -2.47. The normalized spacial score (nSPS) is 24.7. The van der Waals surface area contributed by atoms with E-state index >= 15 is 0 Å². The fraction of sp³-hybridized carbons (Fsp3) is 0.636. The minimum atomic E-state index is -0.743. The molecule has 3 rings (SSSR count). The first kappa shape index (κ1) is 19.9. The number of urea groups is 1. The Morgan fingerprint density at radius 1 is 1.15 bits per heavy atom. The third kappa shape index (κ3) is 4.89. The summed E-state index contributed by atoms with van der Waals surface area (Å²) in [7, 11) is 0. The number of nitrogens with one attached hydrogen (secondary N) is 1. The van der Waals surface area contributed by atoms with E-state index < -0.39 is 5.54 Å². The van der Waals surface area contributed by atoms with Gasteiger partial charge in [0.25, 0.3) is 5.91 Å². The number of rotatable bonds is 7. The predicted octanol–water partition coefficient (Wildman–Crippen LogP) is 3.65. The monoisotopic (exact) mass is 371 g/mol. The Balaban J connectivity index is 1.50. The van der Waals surface area contributed by atoms with E-state index in [4.69, 9.17) is 0 Å². The Labute approximate surface area is 163 Å². The molecule has 2 heterocycles. The quantitative estimate of drug-likeness (QED) is 0.745. The molecule has 0 radical (unpaired) electrons. The molecule has 148 valence electrons. The van der Waals surface area contributed by atoms with Crippen LogP contribution in [-0.2, 0) is 11.2 Å². The first-order chi connectivity index (χ1) is 12.9. The van der Waals surface area contributed by atoms with Crippen LogP contribution in [0, 0.1) is 11.8 Å². The number of imide groups is 1. The van der Waals surface area contributed by atoms with E-state index in [0.717, 1.165) is 38.8 Å². The zero-order valence-corrected chi connectivity index (χ0v) is 16.9. The van der Waals surface area contributed by atoms with Crippen LogP contribution in [0.4, 0.5) is 4.79 Å². The lowest BCUT2D eigenvalue weighted by Gasteiger charge is -2.34. The van der Waals surface area contributed by atoms with Crippen LogP contribution in [0.15, 0.2) is 30.3 Å². The van der Waals surface area contributed by atoms with Gasteiger partial charge in [0.2, 0.25) is 0 Å². The number of piperidine rings is 1. The molecule has 0 saturated carbocycles. The van der Waals surface area contributed by atoms with Crippen molar-refractivity contribution in [1.29, 1.82) is 0 Å². The highest BCUT2D eigenvalue weighted by Gasteiger charge is 2.47. The first-order valence-electron chi connectivity index (χ1n) is 10.3. The molecule has 2 aliphatic heterocycles. The molecule has 1 aromatic rings. The van der Waals surface area contributed by atoms with Gasteiger partial charge in [-0.15, -0.1) is 0 Å². The molecule has 2 fully saturated rings. The Morgan fingerprint density at radius 2 is 1.81 bits per heavy atom. The number of hydrogen-bond acceptors (Lipinski definition) is 3. The van der Waals surface area contributed by atoms with Gasteiger partial charge in [0.15, 0.2) is 0 Å². The summed E-state index contributed by atoms with van der Waals surface area (Å²) >= 11 is 0. The molecule has 0 spiro atoms. The second-order valence-corrected chi connectivity index (χ2v) is 8.82. The van der Waals surface area contributed by atoms with Crippen molar-refractivity contribution in [3.63, 3.8) is 0 Å². The number of amides is 3. The summed E-state index contributed by atoms with van der Waals surface area (Å²) in [5.41, 5.74) is 0.651. The minimum absolute atomic E-state index is 0.0699. The number of benzene rings is 1. The van der Waals surface area contributed by atoms with Crippen molar-refractivity contribution in [2.45, 2.75) is 58.4 Å². The van der Waals surface area contributed by atoms with Crippen LogP contribution < -0.4 is 5.32 Å². The maximum absolute atomic E-state index is 12.8. The Bertz CT molecular complexity index is 653. The van der Waals surface area contributed by atoms with Crippen molar-refractivity contribution in [2.75, 3.05) is 19.8 Å². The molecule has 2 saturated heterocycles. The average Bonchev–Trinajstić information content (AvgIpc) is 2.86. The Kier molecular flexibility index (Phi) is 6.20. The Morgan fingerprint density at radius 3 is 2.44 bits per heavy atom. The van der Waals surface area contributed by atoms with Crippen molar-refractivity contribution < 1.29 is 9.59 Å². The van der Waals surface area contributed by atoms with E-state index in [1.165, 1.54) is 10.5 Å². The van der Waals surface area contributed by atoms with Gasteiger partial charge < -0.3 is 5.32 Å². The van der Waals surface area contributed by atoms with Crippen LogP contribution in [0.2, 0.25) is 0 Å². The summed E-state index contributed by atoms with van der Waals surface area (Å²) in [5.74, 6) is 1.13. The second kappa shape index (κ2) is 8.42. The summed E-state index contributed by atoms with van der Waals surface area (Å²) < 4.78 is 0. The van der Waals surface area contributed by atoms with Crippen molar-refractivity contribution >= 4 is 11.9 Å². The molecule has 5 nitrogen and oxygen atoms in total. The summed E-state index contributed by atoms with van der Waals surface area (Å²) in [6, 6.07) is 10.4. The molecule has 0 unspecified atom stereocenters. The highest BCUT2D eigenvalue weighted by Crippen LogP contribution is 2.26. The molecule has 0 aliphatic carbocycles. The molecule has 27 heavy (non-hydrogen) atoms. The van der Waals surface area contributed by atoms with Crippen molar-refractivity contribution in [1.82, 2.24) is 15.1 Å². The van der Waals surface area contributed by atoms with Crippen LogP contribution in [0.25, 0.3) is 0 Å². The number of carbonyl (C=O) groups excluding carboxylic acids is 2. The first-order valence-corrected chi connectivity index (χ1v) is 10.3. The summed E-state index contributed by atoms with van der Waals surface area (Å²) in [6.07, 6.45) is 4.98. The average molecular weight is 372 g/mol. The van der Waals surface area contributed by atoms with Gasteiger partial charge >= 0.3 is 6.03 Å². The van der Waals surface area contributed by atoms with Gasteiger partial charge in [0, 0.05) is 13.1 Å². The molecule has 1 atom stereocenters. The van der Waals surface area contributed by atoms with E-state index in [9.17, 15) is 9.59 Å².